The summed E-state index contributed by atoms with van der Waals surface area (Å²) in [5.74, 6) is 0. The van der Waals surface area contributed by atoms with Gasteiger partial charge in [-0.25, -0.2) is 0 Å². The van der Waals surface area contributed by atoms with E-state index in [1.807, 2.05) is 0 Å². The Morgan fingerprint density at radius 3 is 1.49 bits per heavy atom. The Kier molecular flexibility index (Phi) is 8.45. The summed E-state index contributed by atoms with van der Waals surface area (Å²) in [4.78, 5) is 5.02. The number of hydrogen-bond donors (Lipinski definition) is 0. The number of hydrogen-bond acceptors (Lipinski definition) is 2. The highest BCUT2D eigenvalue weighted by Crippen LogP contribution is 2.65. The van der Waals surface area contributed by atoms with Crippen molar-refractivity contribution in [2.24, 2.45) is 0 Å². The van der Waals surface area contributed by atoms with Crippen molar-refractivity contribution in [3.8, 4) is 22.3 Å². The lowest BCUT2D eigenvalue weighted by Crippen LogP contribution is -2.36. The molecule has 0 bridgehead atoms. The molecule has 0 unspecified atom stereocenters. The Hall–Kier alpha value is -8.72. The lowest BCUT2D eigenvalue weighted by atomic mass is 9.64. The number of anilines is 6. The summed E-state index contributed by atoms with van der Waals surface area (Å²) in [5.41, 5.74) is 21.0. The predicted octanol–water partition coefficient (Wildman–Crippen LogP) is 16.8. The first-order valence-electron chi connectivity index (χ1n) is 23.7. The summed E-state index contributed by atoms with van der Waals surface area (Å²) in [5, 5.41) is 2.40. The van der Waals surface area contributed by atoms with E-state index in [0.717, 1.165) is 22.7 Å². The molecule has 0 fully saturated rings. The lowest BCUT2D eigenvalue weighted by Gasteiger charge is -2.45. The van der Waals surface area contributed by atoms with Crippen LogP contribution in [-0.4, -0.2) is 0 Å². The molecule has 11 aromatic rings. The van der Waals surface area contributed by atoms with Gasteiger partial charge >= 0.3 is 0 Å². The molecule has 2 aliphatic carbocycles. The first-order valence-corrected chi connectivity index (χ1v) is 23.7. The zero-order chi connectivity index (χ0) is 44.8. The lowest BCUT2D eigenvalue weighted by molar-refractivity contribution is 0.752. The molecule has 0 aromatic heterocycles. The highest BCUT2D eigenvalue weighted by Gasteiger charge is 2.52. The second-order valence-electron chi connectivity index (χ2n) is 18.3. The number of fused-ring (bicyclic) bond motifs is 13. The number of benzene rings is 11. The molecule has 2 heteroatoms. The largest absolute Gasteiger partial charge is 0.310 e. The molecule has 1 aliphatic heterocycles. The van der Waals surface area contributed by atoms with E-state index in [1.165, 1.54) is 88.9 Å². The zero-order valence-electron chi connectivity index (χ0n) is 37.3. The van der Waals surface area contributed by atoms with Crippen LogP contribution in [0.1, 0.15) is 44.5 Å². The van der Waals surface area contributed by atoms with Crippen molar-refractivity contribution in [3.63, 3.8) is 0 Å². The van der Waals surface area contributed by atoms with Gasteiger partial charge in [0.2, 0.25) is 0 Å². The second-order valence-corrected chi connectivity index (χ2v) is 18.3. The minimum atomic E-state index is -0.605. The Morgan fingerprint density at radius 1 is 0.309 bits per heavy atom. The third-order valence-corrected chi connectivity index (χ3v) is 15.1. The fourth-order valence-electron chi connectivity index (χ4n) is 12.6. The van der Waals surface area contributed by atoms with E-state index in [0.29, 0.717) is 0 Å². The molecule has 0 saturated carbocycles. The van der Waals surface area contributed by atoms with E-state index in [4.69, 9.17) is 0 Å². The van der Waals surface area contributed by atoms with Crippen LogP contribution in [0.15, 0.2) is 267 Å². The maximum absolute atomic E-state index is 2.57. The highest BCUT2D eigenvalue weighted by atomic mass is 15.2. The third kappa shape index (κ3) is 5.17. The fraction of sp³-hybridized carbons (Fsp3) is 0.0303. The second kappa shape index (κ2) is 14.9. The van der Waals surface area contributed by atoms with Crippen molar-refractivity contribution in [3.05, 3.63) is 311 Å². The fourth-order valence-corrected chi connectivity index (χ4v) is 12.6. The highest BCUT2D eigenvalue weighted by molar-refractivity contribution is 6.05. The Balaban J connectivity index is 1.09. The maximum atomic E-state index is 2.57. The van der Waals surface area contributed by atoms with Crippen LogP contribution in [-0.2, 0) is 10.8 Å². The molecular formula is C66H44N2. The molecule has 0 amide bonds. The molecule has 1 spiro atoms. The minimum Gasteiger partial charge on any atom is -0.310 e. The normalized spacial score (nSPS) is 14.1. The van der Waals surface area contributed by atoms with Crippen molar-refractivity contribution in [1.82, 2.24) is 0 Å². The van der Waals surface area contributed by atoms with Crippen LogP contribution in [0.5, 0.6) is 0 Å². The molecule has 2 nitrogen and oxygen atoms in total. The number of rotatable bonds is 6. The topological polar surface area (TPSA) is 6.48 Å². The van der Waals surface area contributed by atoms with Gasteiger partial charge in [-0.1, -0.05) is 218 Å². The van der Waals surface area contributed by atoms with Gasteiger partial charge in [0.25, 0.3) is 0 Å². The standard InChI is InChI=1S/C66H44N2/c1-4-24-46(25-5-1)65(47-26-6-2-7-27-47)55-34-15-13-32-53(55)64-58(65)37-21-41-63(64)68(60-40-20-23-45-22-10-11-30-50(45)60)49-42-43-52-51-31-12-14-33-54(51)66(59(52)44-49)56-35-16-18-38-61(56)67(48-28-8-3-9-29-48)62-39-19-17-36-57(62)66/h1-44H. The summed E-state index contributed by atoms with van der Waals surface area (Å²) in [6, 6.07) is 99.4. The molecule has 0 saturated heterocycles. The third-order valence-electron chi connectivity index (χ3n) is 15.1. The monoisotopic (exact) mass is 864 g/mol. The molecule has 0 radical (unpaired) electrons. The van der Waals surface area contributed by atoms with Gasteiger partial charge in [-0.3, -0.25) is 0 Å². The summed E-state index contributed by atoms with van der Waals surface area (Å²) < 4.78 is 0. The van der Waals surface area contributed by atoms with Crippen LogP contribution in [0.2, 0.25) is 0 Å². The minimum absolute atomic E-state index is 0.543. The summed E-state index contributed by atoms with van der Waals surface area (Å²) in [6.07, 6.45) is 0. The average molecular weight is 865 g/mol. The molecule has 14 rings (SSSR count). The molecule has 11 aromatic carbocycles. The van der Waals surface area contributed by atoms with E-state index in [-0.39, 0.29) is 0 Å². The van der Waals surface area contributed by atoms with E-state index in [1.54, 1.807) is 0 Å². The maximum Gasteiger partial charge on any atom is 0.0755 e. The van der Waals surface area contributed by atoms with Crippen LogP contribution < -0.4 is 9.80 Å². The van der Waals surface area contributed by atoms with Gasteiger partial charge in [-0.2, -0.15) is 0 Å². The van der Waals surface area contributed by atoms with Crippen LogP contribution >= 0.6 is 0 Å². The van der Waals surface area contributed by atoms with Crippen molar-refractivity contribution in [2.75, 3.05) is 9.80 Å². The van der Waals surface area contributed by atoms with Crippen LogP contribution in [0.25, 0.3) is 33.0 Å². The summed E-state index contributed by atoms with van der Waals surface area (Å²) in [7, 11) is 0. The summed E-state index contributed by atoms with van der Waals surface area (Å²) >= 11 is 0. The van der Waals surface area contributed by atoms with E-state index >= 15 is 0 Å². The Labute approximate surface area is 397 Å². The van der Waals surface area contributed by atoms with E-state index in [2.05, 4.69) is 277 Å². The van der Waals surface area contributed by atoms with Gasteiger partial charge in [0, 0.05) is 22.3 Å². The number of para-hydroxylation sites is 3. The van der Waals surface area contributed by atoms with Crippen LogP contribution in [0.4, 0.5) is 34.1 Å². The molecule has 0 atom stereocenters. The number of nitrogens with zero attached hydrogens (tertiary/aromatic N) is 2. The van der Waals surface area contributed by atoms with Gasteiger partial charge in [-0.05, 0) is 115 Å². The smallest absolute Gasteiger partial charge is 0.0755 e. The Bertz CT molecular complexity index is 3670. The van der Waals surface area contributed by atoms with Crippen molar-refractivity contribution < 1.29 is 0 Å². The van der Waals surface area contributed by atoms with Gasteiger partial charge in [0.05, 0.1) is 33.6 Å². The van der Waals surface area contributed by atoms with Crippen molar-refractivity contribution >= 4 is 44.9 Å². The van der Waals surface area contributed by atoms with Gasteiger partial charge in [0.1, 0.15) is 0 Å². The van der Waals surface area contributed by atoms with Gasteiger partial charge < -0.3 is 9.80 Å². The first kappa shape index (κ1) is 38.5. The van der Waals surface area contributed by atoms with Crippen LogP contribution in [0.3, 0.4) is 0 Å². The molecule has 318 valence electrons. The van der Waals surface area contributed by atoms with E-state index < -0.39 is 10.8 Å². The molecule has 3 aliphatic rings. The molecule has 0 N–H and O–H groups in total. The van der Waals surface area contributed by atoms with Crippen LogP contribution in [0, 0.1) is 0 Å². The van der Waals surface area contributed by atoms with E-state index in [9.17, 15) is 0 Å². The molecule has 1 heterocycles. The predicted molar refractivity (Wildman–Crippen MR) is 281 cm³/mol. The average Bonchev–Trinajstić information content (AvgIpc) is 3.88. The molecular weight excluding hydrogens is 821 g/mol. The van der Waals surface area contributed by atoms with Crippen molar-refractivity contribution in [1.29, 1.82) is 0 Å². The molecule has 68 heavy (non-hydrogen) atoms. The quantitative estimate of drug-likeness (QED) is 0.164. The SMILES string of the molecule is c1ccc(N2c3ccccc3C3(c4ccccc4-c4ccc(N(c5cccc6c5-c5ccccc5C6(c5ccccc5)c5ccccc5)c5cccc6ccccc56)cc43)c3ccccc32)cc1. The Morgan fingerprint density at radius 2 is 0.794 bits per heavy atom. The first-order chi connectivity index (χ1) is 33.8. The summed E-state index contributed by atoms with van der Waals surface area (Å²) in [6.45, 7) is 0. The zero-order valence-corrected chi connectivity index (χ0v) is 37.3. The van der Waals surface area contributed by atoms with Gasteiger partial charge in [0.15, 0.2) is 0 Å². The van der Waals surface area contributed by atoms with Gasteiger partial charge in [-0.15, -0.1) is 0 Å². The van der Waals surface area contributed by atoms with Crippen molar-refractivity contribution in [2.45, 2.75) is 10.8 Å².